The maximum absolute atomic E-state index is 10.3. The molecule has 0 bridgehead atoms. The van der Waals surface area contributed by atoms with Crippen molar-refractivity contribution in [3.63, 3.8) is 0 Å². The van der Waals surface area contributed by atoms with Crippen molar-refractivity contribution in [1.82, 2.24) is 0 Å². The SMILES string of the molecule is COc1ccccc1C1(C(C)(C)O)COC1. The van der Waals surface area contributed by atoms with E-state index < -0.39 is 5.60 Å². The Morgan fingerprint density at radius 2 is 1.94 bits per heavy atom. The van der Waals surface area contributed by atoms with Crippen molar-refractivity contribution in [2.75, 3.05) is 20.3 Å². The highest BCUT2D eigenvalue weighted by molar-refractivity contribution is 5.43. The summed E-state index contributed by atoms with van der Waals surface area (Å²) in [5.74, 6) is 0.813. The summed E-state index contributed by atoms with van der Waals surface area (Å²) in [6.07, 6.45) is 0. The van der Waals surface area contributed by atoms with Crippen LogP contribution in [0.25, 0.3) is 0 Å². The van der Waals surface area contributed by atoms with Gasteiger partial charge in [0.2, 0.25) is 0 Å². The van der Waals surface area contributed by atoms with Gasteiger partial charge in [-0.25, -0.2) is 0 Å². The first-order valence-electron chi connectivity index (χ1n) is 5.45. The molecule has 1 heterocycles. The van der Waals surface area contributed by atoms with E-state index in [1.54, 1.807) is 7.11 Å². The van der Waals surface area contributed by atoms with Crippen LogP contribution in [0.1, 0.15) is 19.4 Å². The zero-order valence-electron chi connectivity index (χ0n) is 9.99. The Hall–Kier alpha value is -1.06. The second kappa shape index (κ2) is 3.75. The molecule has 16 heavy (non-hydrogen) atoms. The number of benzene rings is 1. The van der Waals surface area contributed by atoms with Crippen LogP contribution in [0.4, 0.5) is 0 Å². The first-order chi connectivity index (χ1) is 7.51. The molecule has 0 saturated carbocycles. The molecule has 0 aromatic heterocycles. The molecular formula is C13H18O3. The summed E-state index contributed by atoms with van der Waals surface area (Å²) in [6, 6.07) is 7.81. The molecule has 0 unspecified atom stereocenters. The van der Waals surface area contributed by atoms with E-state index in [1.807, 2.05) is 38.1 Å². The highest BCUT2D eigenvalue weighted by Crippen LogP contribution is 2.45. The smallest absolute Gasteiger partial charge is 0.122 e. The molecule has 0 radical (unpaired) electrons. The molecule has 3 heteroatoms. The lowest BCUT2D eigenvalue weighted by Crippen LogP contribution is -2.60. The van der Waals surface area contributed by atoms with E-state index in [4.69, 9.17) is 9.47 Å². The zero-order valence-corrected chi connectivity index (χ0v) is 9.99. The minimum Gasteiger partial charge on any atom is -0.496 e. The van der Waals surface area contributed by atoms with Gasteiger partial charge in [-0.05, 0) is 19.9 Å². The number of hydrogen-bond donors (Lipinski definition) is 1. The Kier molecular flexibility index (Phi) is 2.68. The van der Waals surface area contributed by atoms with Gasteiger partial charge >= 0.3 is 0 Å². The summed E-state index contributed by atoms with van der Waals surface area (Å²) in [5.41, 5.74) is -0.143. The Labute approximate surface area is 96.0 Å². The summed E-state index contributed by atoms with van der Waals surface area (Å²) in [6.45, 7) is 4.72. The van der Waals surface area contributed by atoms with Crippen LogP contribution in [0.15, 0.2) is 24.3 Å². The largest absolute Gasteiger partial charge is 0.496 e. The molecule has 0 aliphatic carbocycles. The molecule has 88 valence electrons. The fraction of sp³-hybridized carbons (Fsp3) is 0.538. The molecule has 2 rings (SSSR count). The van der Waals surface area contributed by atoms with Gasteiger partial charge in [-0.2, -0.15) is 0 Å². The molecule has 1 saturated heterocycles. The van der Waals surface area contributed by atoms with Gasteiger partial charge in [0.25, 0.3) is 0 Å². The van der Waals surface area contributed by atoms with Crippen LogP contribution >= 0.6 is 0 Å². The molecule has 1 fully saturated rings. The van der Waals surface area contributed by atoms with Gasteiger partial charge in [-0.1, -0.05) is 18.2 Å². The normalized spacial score (nSPS) is 19.0. The molecule has 0 amide bonds. The molecule has 1 N–H and O–H groups in total. The van der Waals surface area contributed by atoms with E-state index in [0.29, 0.717) is 13.2 Å². The van der Waals surface area contributed by atoms with Gasteiger partial charge in [-0.15, -0.1) is 0 Å². The predicted molar refractivity (Wildman–Crippen MR) is 61.8 cm³/mol. The van der Waals surface area contributed by atoms with Crippen molar-refractivity contribution in [3.05, 3.63) is 29.8 Å². The summed E-state index contributed by atoms with van der Waals surface area (Å²) < 4.78 is 10.7. The van der Waals surface area contributed by atoms with Crippen LogP contribution in [0.2, 0.25) is 0 Å². The second-order valence-corrected chi connectivity index (χ2v) is 4.83. The number of rotatable bonds is 3. The van der Waals surface area contributed by atoms with Gasteiger partial charge < -0.3 is 14.6 Å². The van der Waals surface area contributed by atoms with Gasteiger partial charge in [0.15, 0.2) is 0 Å². The molecule has 3 nitrogen and oxygen atoms in total. The summed E-state index contributed by atoms with van der Waals surface area (Å²) in [7, 11) is 1.65. The van der Waals surface area contributed by atoms with E-state index >= 15 is 0 Å². The Balaban J connectivity index is 2.49. The first kappa shape index (κ1) is 11.4. The molecule has 1 aliphatic heterocycles. The van der Waals surface area contributed by atoms with Crippen LogP contribution in [0.5, 0.6) is 5.75 Å². The molecule has 1 aromatic rings. The van der Waals surface area contributed by atoms with Crippen molar-refractivity contribution in [3.8, 4) is 5.75 Å². The van der Waals surface area contributed by atoms with Crippen LogP contribution < -0.4 is 4.74 Å². The number of methoxy groups -OCH3 is 1. The van der Waals surface area contributed by atoms with Gasteiger partial charge in [0.05, 0.1) is 31.3 Å². The van der Waals surface area contributed by atoms with Crippen molar-refractivity contribution < 1.29 is 14.6 Å². The Morgan fingerprint density at radius 3 is 2.38 bits per heavy atom. The van der Waals surface area contributed by atoms with E-state index in [0.717, 1.165) is 11.3 Å². The lowest BCUT2D eigenvalue weighted by atomic mass is 9.67. The quantitative estimate of drug-likeness (QED) is 0.846. The third-order valence-electron chi connectivity index (χ3n) is 3.49. The number of ether oxygens (including phenoxy) is 2. The summed E-state index contributed by atoms with van der Waals surface area (Å²) >= 11 is 0. The van der Waals surface area contributed by atoms with Crippen molar-refractivity contribution >= 4 is 0 Å². The minimum atomic E-state index is -0.820. The van der Waals surface area contributed by atoms with Crippen LogP contribution in [0.3, 0.4) is 0 Å². The number of para-hydroxylation sites is 1. The lowest BCUT2D eigenvalue weighted by Gasteiger charge is -2.50. The van der Waals surface area contributed by atoms with Gasteiger partial charge in [-0.3, -0.25) is 0 Å². The minimum absolute atomic E-state index is 0.348. The van der Waals surface area contributed by atoms with Crippen LogP contribution in [-0.4, -0.2) is 31.0 Å². The molecule has 0 atom stereocenters. The second-order valence-electron chi connectivity index (χ2n) is 4.83. The monoisotopic (exact) mass is 222 g/mol. The fourth-order valence-corrected chi connectivity index (χ4v) is 2.18. The highest BCUT2D eigenvalue weighted by Gasteiger charge is 2.52. The van der Waals surface area contributed by atoms with Crippen LogP contribution in [-0.2, 0) is 10.2 Å². The van der Waals surface area contributed by atoms with Crippen molar-refractivity contribution in [1.29, 1.82) is 0 Å². The maximum atomic E-state index is 10.3. The molecular weight excluding hydrogens is 204 g/mol. The van der Waals surface area contributed by atoms with E-state index in [-0.39, 0.29) is 5.41 Å². The number of aliphatic hydroxyl groups is 1. The third kappa shape index (κ3) is 1.51. The van der Waals surface area contributed by atoms with E-state index in [1.165, 1.54) is 0 Å². The molecule has 1 aromatic carbocycles. The average Bonchev–Trinajstić information content (AvgIpc) is 2.14. The predicted octanol–water partition coefficient (Wildman–Crippen LogP) is 1.73. The van der Waals surface area contributed by atoms with E-state index in [2.05, 4.69) is 0 Å². The Bertz CT molecular complexity index is 375. The summed E-state index contributed by atoms with van der Waals surface area (Å²) in [5, 5.41) is 10.3. The third-order valence-corrected chi connectivity index (χ3v) is 3.49. The molecule has 1 aliphatic rings. The standard InChI is InChI=1S/C13H18O3/c1-12(2,14)13(8-16-9-13)10-6-4-5-7-11(10)15-3/h4-7,14H,8-9H2,1-3H3. The zero-order chi connectivity index (χ0) is 11.8. The summed E-state index contributed by atoms with van der Waals surface area (Å²) in [4.78, 5) is 0. The van der Waals surface area contributed by atoms with Crippen molar-refractivity contribution in [2.24, 2.45) is 0 Å². The average molecular weight is 222 g/mol. The Morgan fingerprint density at radius 1 is 1.31 bits per heavy atom. The fourth-order valence-electron chi connectivity index (χ4n) is 2.18. The highest BCUT2D eigenvalue weighted by atomic mass is 16.5. The van der Waals surface area contributed by atoms with Gasteiger partial charge in [0, 0.05) is 5.56 Å². The lowest BCUT2D eigenvalue weighted by molar-refractivity contribution is -0.158. The maximum Gasteiger partial charge on any atom is 0.122 e. The van der Waals surface area contributed by atoms with Gasteiger partial charge in [0.1, 0.15) is 5.75 Å². The number of hydrogen-bond acceptors (Lipinski definition) is 3. The molecule has 0 spiro atoms. The van der Waals surface area contributed by atoms with Crippen molar-refractivity contribution in [2.45, 2.75) is 24.9 Å². The topological polar surface area (TPSA) is 38.7 Å². The van der Waals surface area contributed by atoms with E-state index in [9.17, 15) is 5.11 Å². The first-order valence-corrected chi connectivity index (χ1v) is 5.45. The van der Waals surface area contributed by atoms with Crippen LogP contribution in [0, 0.1) is 0 Å².